The molecule has 0 aliphatic rings. The van der Waals surface area contributed by atoms with Crippen molar-refractivity contribution in [2.24, 2.45) is 7.05 Å². The monoisotopic (exact) mass is 388 g/mol. The van der Waals surface area contributed by atoms with E-state index in [1.165, 1.54) is 23.4 Å². The molecule has 8 heteroatoms. The molecule has 0 aliphatic heterocycles. The third-order valence-electron chi connectivity index (χ3n) is 4.00. The molecule has 140 valence electrons. The maximum atomic E-state index is 12.8. The number of carbonyl (C=O) groups excluding carboxylic acids is 1. The Morgan fingerprint density at radius 2 is 1.85 bits per heavy atom. The smallest absolute Gasteiger partial charge is 0.297 e. The summed E-state index contributed by atoms with van der Waals surface area (Å²) < 4.78 is 27.0. The third-order valence-corrected chi connectivity index (χ3v) is 5.19. The van der Waals surface area contributed by atoms with E-state index in [9.17, 15) is 13.6 Å². The Bertz CT molecular complexity index is 930. The molecule has 1 N–H and O–H groups in total. The highest BCUT2D eigenvalue weighted by molar-refractivity contribution is 7.99. The number of aromatic nitrogens is 3. The molecule has 1 aromatic heterocycles. The Morgan fingerprint density at radius 1 is 1.11 bits per heavy atom. The van der Waals surface area contributed by atoms with Gasteiger partial charge >= 0.3 is 0 Å². The van der Waals surface area contributed by atoms with Gasteiger partial charge in [0.15, 0.2) is 5.16 Å². The number of carbonyl (C=O) groups is 1. The van der Waals surface area contributed by atoms with Gasteiger partial charge in [-0.2, -0.15) is 0 Å². The number of halogens is 2. The Morgan fingerprint density at radius 3 is 2.52 bits per heavy atom. The molecule has 2 aromatic carbocycles. The molecular formula is C19H18F2N4OS. The van der Waals surface area contributed by atoms with Crippen LogP contribution in [0.15, 0.2) is 59.8 Å². The zero-order valence-corrected chi connectivity index (χ0v) is 15.6. The number of rotatable bonds is 6. The number of amides is 1. The number of alkyl halides is 2. The van der Waals surface area contributed by atoms with Crippen LogP contribution >= 0.6 is 11.8 Å². The molecule has 0 saturated carbocycles. The zero-order chi connectivity index (χ0) is 19.4. The van der Waals surface area contributed by atoms with E-state index < -0.39 is 6.43 Å². The van der Waals surface area contributed by atoms with Gasteiger partial charge in [0.1, 0.15) is 0 Å². The second-order valence-electron chi connectivity index (χ2n) is 5.91. The summed E-state index contributed by atoms with van der Waals surface area (Å²) in [5, 5.41) is 10.6. The zero-order valence-electron chi connectivity index (χ0n) is 14.8. The molecule has 0 saturated heterocycles. The predicted molar refractivity (Wildman–Crippen MR) is 101 cm³/mol. The fourth-order valence-corrected chi connectivity index (χ4v) is 3.45. The quantitative estimate of drug-likeness (QED) is 0.613. The number of nitrogens with zero attached hydrogens (tertiary/aromatic N) is 3. The van der Waals surface area contributed by atoms with Gasteiger partial charge in [-0.25, -0.2) is 8.78 Å². The summed E-state index contributed by atoms with van der Waals surface area (Å²) in [5.74, 6) is -0.545. The van der Waals surface area contributed by atoms with E-state index in [0.717, 1.165) is 5.56 Å². The van der Waals surface area contributed by atoms with Crippen LogP contribution in [0.1, 0.15) is 40.3 Å². The van der Waals surface area contributed by atoms with Crippen LogP contribution in [0.25, 0.3) is 0 Å². The molecule has 1 heterocycles. The fraction of sp³-hybridized carbons (Fsp3) is 0.211. The van der Waals surface area contributed by atoms with Crippen molar-refractivity contribution in [3.8, 4) is 0 Å². The van der Waals surface area contributed by atoms with Crippen LogP contribution in [-0.4, -0.2) is 20.7 Å². The Hall–Kier alpha value is -2.74. The van der Waals surface area contributed by atoms with Gasteiger partial charge in [0.25, 0.3) is 12.3 Å². The molecule has 1 unspecified atom stereocenters. The topological polar surface area (TPSA) is 59.8 Å². The molecule has 5 nitrogen and oxygen atoms in total. The van der Waals surface area contributed by atoms with Crippen LogP contribution in [0.5, 0.6) is 0 Å². The summed E-state index contributed by atoms with van der Waals surface area (Å²) in [4.78, 5) is 12.3. The lowest BCUT2D eigenvalue weighted by Crippen LogP contribution is -2.11. The average Bonchev–Trinajstić information content (AvgIpc) is 3.03. The lowest BCUT2D eigenvalue weighted by molar-refractivity contribution is 0.102. The van der Waals surface area contributed by atoms with Crippen LogP contribution in [0.3, 0.4) is 0 Å². The molecule has 1 atom stereocenters. The Kier molecular flexibility index (Phi) is 5.85. The minimum absolute atomic E-state index is 0.0630. The van der Waals surface area contributed by atoms with E-state index in [1.54, 1.807) is 30.3 Å². The number of hydrogen-bond acceptors (Lipinski definition) is 4. The number of anilines is 1. The molecular weight excluding hydrogens is 370 g/mol. The minimum Gasteiger partial charge on any atom is -0.322 e. The highest BCUT2D eigenvalue weighted by Crippen LogP contribution is 2.35. The highest BCUT2D eigenvalue weighted by atomic mass is 32.2. The van der Waals surface area contributed by atoms with Crippen LogP contribution in [0.4, 0.5) is 14.5 Å². The molecule has 0 radical (unpaired) electrons. The second-order valence-corrected chi connectivity index (χ2v) is 7.21. The SMILES string of the molecule is CC(Sc1nnc(C(F)F)n1C)c1cccc(NC(=O)c2ccccc2)c1. The molecule has 27 heavy (non-hydrogen) atoms. The molecule has 0 spiro atoms. The van der Waals surface area contributed by atoms with E-state index in [0.29, 0.717) is 16.4 Å². The number of thioether (sulfide) groups is 1. The standard InChI is InChI=1S/C19H18F2N4OS/c1-12(27-19-24-23-17(16(20)21)25(19)2)14-9-6-10-15(11-14)22-18(26)13-7-4-3-5-8-13/h3-12,16H,1-2H3,(H,22,26). The molecule has 1 amide bonds. The van der Waals surface area contributed by atoms with E-state index in [2.05, 4.69) is 15.5 Å². The third kappa shape index (κ3) is 4.51. The first-order chi connectivity index (χ1) is 13.0. The summed E-state index contributed by atoms with van der Waals surface area (Å²) in [5.41, 5.74) is 2.18. The van der Waals surface area contributed by atoms with E-state index in [1.807, 2.05) is 31.2 Å². The van der Waals surface area contributed by atoms with Crippen molar-refractivity contribution in [3.05, 3.63) is 71.5 Å². The van der Waals surface area contributed by atoms with Gasteiger partial charge < -0.3 is 9.88 Å². The highest BCUT2D eigenvalue weighted by Gasteiger charge is 2.20. The van der Waals surface area contributed by atoms with Crippen molar-refractivity contribution >= 4 is 23.4 Å². The maximum Gasteiger partial charge on any atom is 0.297 e. The number of benzene rings is 2. The van der Waals surface area contributed by atoms with E-state index in [4.69, 9.17) is 0 Å². The van der Waals surface area contributed by atoms with Gasteiger partial charge in [0.05, 0.1) is 0 Å². The van der Waals surface area contributed by atoms with Crippen molar-refractivity contribution in [2.75, 3.05) is 5.32 Å². The van der Waals surface area contributed by atoms with Crippen LogP contribution in [0.2, 0.25) is 0 Å². The van der Waals surface area contributed by atoms with Gasteiger partial charge in [0.2, 0.25) is 5.82 Å². The summed E-state index contributed by atoms with van der Waals surface area (Å²) in [7, 11) is 1.52. The second kappa shape index (κ2) is 8.30. The van der Waals surface area contributed by atoms with Crippen molar-refractivity contribution in [1.82, 2.24) is 14.8 Å². The summed E-state index contributed by atoms with van der Waals surface area (Å²) in [6.45, 7) is 1.94. The van der Waals surface area contributed by atoms with Crippen molar-refractivity contribution in [1.29, 1.82) is 0 Å². The first kappa shape index (κ1) is 19.0. The molecule has 0 bridgehead atoms. The maximum absolute atomic E-state index is 12.8. The summed E-state index contributed by atoms with van der Waals surface area (Å²) in [6, 6.07) is 16.4. The number of nitrogens with one attached hydrogen (secondary N) is 1. The fourth-order valence-electron chi connectivity index (χ4n) is 2.51. The van der Waals surface area contributed by atoms with Gasteiger partial charge in [-0.1, -0.05) is 42.1 Å². The lowest BCUT2D eigenvalue weighted by Gasteiger charge is -2.13. The van der Waals surface area contributed by atoms with Crippen molar-refractivity contribution < 1.29 is 13.6 Å². The first-order valence-corrected chi connectivity index (χ1v) is 9.14. The lowest BCUT2D eigenvalue weighted by atomic mass is 10.1. The average molecular weight is 388 g/mol. The largest absolute Gasteiger partial charge is 0.322 e. The van der Waals surface area contributed by atoms with E-state index >= 15 is 0 Å². The van der Waals surface area contributed by atoms with Crippen molar-refractivity contribution in [3.63, 3.8) is 0 Å². The van der Waals surface area contributed by atoms with Gasteiger partial charge in [0, 0.05) is 23.5 Å². The first-order valence-electron chi connectivity index (χ1n) is 8.26. The van der Waals surface area contributed by atoms with E-state index in [-0.39, 0.29) is 17.0 Å². The van der Waals surface area contributed by atoms with Gasteiger partial charge in [-0.05, 0) is 36.8 Å². The number of hydrogen-bond donors (Lipinski definition) is 1. The van der Waals surface area contributed by atoms with Crippen LogP contribution in [-0.2, 0) is 7.05 Å². The molecule has 3 aromatic rings. The van der Waals surface area contributed by atoms with Crippen molar-refractivity contribution in [2.45, 2.75) is 23.8 Å². The van der Waals surface area contributed by atoms with Gasteiger partial charge in [-0.3, -0.25) is 4.79 Å². The van der Waals surface area contributed by atoms with Gasteiger partial charge in [-0.15, -0.1) is 10.2 Å². The minimum atomic E-state index is -2.66. The predicted octanol–water partition coefficient (Wildman–Crippen LogP) is 4.86. The molecule has 3 rings (SSSR count). The summed E-state index contributed by atoms with van der Waals surface area (Å²) in [6.07, 6.45) is -2.66. The molecule has 0 aliphatic carbocycles. The molecule has 0 fully saturated rings. The Labute approximate surface area is 159 Å². The normalized spacial score (nSPS) is 12.2. The summed E-state index contributed by atoms with van der Waals surface area (Å²) >= 11 is 1.33. The van der Waals surface area contributed by atoms with Crippen LogP contribution in [0, 0.1) is 0 Å². The Balaban J connectivity index is 1.72. The van der Waals surface area contributed by atoms with Crippen LogP contribution < -0.4 is 5.32 Å².